The summed E-state index contributed by atoms with van der Waals surface area (Å²) in [6, 6.07) is 11.1. The Balaban J connectivity index is 0.00000166. The van der Waals surface area contributed by atoms with Crippen molar-refractivity contribution in [2.24, 2.45) is 4.99 Å². The number of carbonyl (C=O) groups excluding carboxylic acids is 1. The Bertz CT molecular complexity index is 965. The molecule has 164 valence electrons. The van der Waals surface area contributed by atoms with Gasteiger partial charge in [-0.3, -0.25) is 4.79 Å². The van der Waals surface area contributed by atoms with E-state index in [1.54, 1.807) is 26.3 Å². The number of aliphatic imine (C=N–C) groups is 1. The molecule has 1 N–H and O–H groups in total. The molecule has 7 heteroatoms. The van der Waals surface area contributed by atoms with E-state index >= 15 is 0 Å². The van der Waals surface area contributed by atoms with Gasteiger partial charge in [-0.25, -0.2) is 13.8 Å². The average molecular weight is 427 g/mol. The number of carbonyl (C=O) groups is 1. The molecule has 0 spiro atoms. The van der Waals surface area contributed by atoms with Crippen molar-refractivity contribution in [3.05, 3.63) is 84.0 Å². The van der Waals surface area contributed by atoms with E-state index in [2.05, 4.69) is 35.3 Å². The van der Waals surface area contributed by atoms with Crippen LogP contribution in [0.5, 0.6) is 0 Å². The van der Waals surface area contributed by atoms with Crippen LogP contribution in [0.1, 0.15) is 29.3 Å². The maximum absolute atomic E-state index is 13.8. The number of nitrogens with zero attached hydrogens (tertiary/aromatic N) is 2. The molecule has 1 heterocycles. The van der Waals surface area contributed by atoms with Crippen molar-refractivity contribution >= 4 is 23.2 Å². The van der Waals surface area contributed by atoms with E-state index in [1.807, 2.05) is 12.1 Å². The van der Waals surface area contributed by atoms with Gasteiger partial charge in [0, 0.05) is 25.8 Å². The molecule has 0 aromatic heterocycles. The highest BCUT2D eigenvalue weighted by atomic mass is 19.1. The third-order valence-corrected chi connectivity index (χ3v) is 4.95. The second-order valence-corrected chi connectivity index (χ2v) is 6.77. The SMILES string of the molecule is C=C.CN=C(OC)N1CCC(C)=C(c2ccc(NC(=O)c3c(F)cccc3F)cc2)C1. The lowest BCUT2D eigenvalue weighted by Gasteiger charge is -2.31. The average Bonchev–Trinajstić information content (AvgIpc) is 2.77. The zero-order chi connectivity index (χ0) is 23.0. The van der Waals surface area contributed by atoms with Gasteiger partial charge in [-0.2, -0.15) is 0 Å². The molecule has 31 heavy (non-hydrogen) atoms. The van der Waals surface area contributed by atoms with E-state index in [0.717, 1.165) is 36.2 Å². The molecule has 2 aromatic rings. The van der Waals surface area contributed by atoms with Crippen LogP contribution in [0, 0.1) is 11.6 Å². The number of hydrogen-bond acceptors (Lipinski definition) is 3. The lowest BCUT2D eigenvalue weighted by atomic mass is 9.95. The quantitative estimate of drug-likeness (QED) is 0.420. The number of amidine groups is 1. The summed E-state index contributed by atoms with van der Waals surface area (Å²) in [6.45, 7) is 9.59. The molecule has 3 rings (SSSR count). The standard InChI is InChI=1S/C22H23F2N3O2.C2H4/c1-14-11-12-27(22(25-2)29-3)13-17(14)15-7-9-16(10-8-15)26-21(28)20-18(23)5-4-6-19(20)24;1-2/h4-10H,11-13H2,1-3H3,(H,26,28);1-2H2. The Labute approximate surface area is 181 Å². The molecule has 1 amide bonds. The number of amides is 1. The summed E-state index contributed by atoms with van der Waals surface area (Å²) in [5.41, 5.74) is 3.31. The van der Waals surface area contributed by atoms with E-state index in [0.29, 0.717) is 18.3 Å². The van der Waals surface area contributed by atoms with Gasteiger partial charge in [0.15, 0.2) is 0 Å². The molecule has 0 radical (unpaired) electrons. The van der Waals surface area contributed by atoms with E-state index in [9.17, 15) is 13.6 Å². The Morgan fingerprint density at radius 1 is 1.13 bits per heavy atom. The van der Waals surface area contributed by atoms with Gasteiger partial charge >= 0.3 is 0 Å². The highest BCUT2D eigenvalue weighted by Crippen LogP contribution is 2.28. The van der Waals surface area contributed by atoms with Gasteiger partial charge < -0.3 is 15.0 Å². The molecule has 0 bridgehead atoms. The first kappa shape index (κ1) is 23.8. The summed E-state index contributed by atoms with van der Waals surface area (Å²) in [5, 5.41) is 2.54. The summed E-state index contributed by atoms with van der Waals surface area (Å²) >= 11 is 0. The fourth-order valence-electron chi connectivity index (χ4n) is 3.38. The van der Waals surface area contributed by atoms with Gasteiger partial charge in [0.05, 0.1) is 7.11 Å². The van der Waals surface area contributed by atoms with Gasteiger partial charge in [0.25, 0.3) is 11.9 Å². The van der Waals surface area contributed by atoms with E-state index in [4.69, 9.17) is 4.74 Å². The number of ether oxygens (including phenoxy) is 1. The molecule has 0 saturated heterocycles. The van der Waals surface area contributed by atoms with Crippen molar-refractivity contribution < 1.29 is 18.3 Å². The molecule has 1 aliphatic rings. The second kappa shape index (κ2) is 11.1. The van der Waals surface area contributed by atoms with Gasteiger partial charge in [-0.1, -0.05) is 23.8 Å². The van der Waals surface area contributed by atoms with Crippen LogP contribution >= 0.6 is 0 Å². The van der Waals surface area contributed by atoms with Crippen LogP contribution in [0.3, 0.4) is 0 Å². The normalized spacial score (nSPS) is 14.0. The number of hydrogen-bond donors (Lipinski definition) is 1. The molecule has 0 saturated carbocycles. The van der Waals surface area contributed by atoms with E-state index in [1.165, 1.54) is 11.6 Å². The molecule has 1 aliphatic heterocycles. The summed E-state index contributed by atoms with van der Waals surface area (Å²) in [4.78, 5) is 18.5. The number of halogens is 2. The maximum Gasteiger partial charge on any atom is 0.287 e. The number of anilines is 1. The summed E-state index contributed by atoms with van der Waals surface area (Å²) < 4.78 is 32.9. The topological polar surface area (TPSA) is 53.9 Å². The second-order valence-electron chi connectivity index (χ2n) is 6.77. The van der Waals surface area contributed by atoms with E-state index in [-0.39, 0.29) is 0 Å². The Kier molecular flexibility index (Phi) is 8.49. The minimum absolute atomic E-state index is 0.458. The number of nitrogens with one attached hydrogen (secondary N) is 1. The Morgan fingerprint density at radius 2 is 1.74 bits per heavy atom. The molecule has 0 atom stereocenters. The Morgan fingerprint density at radius 3 is 2.29 bits per heavy atom. The predicted molar refractivity (Wildman–Crippen MR) is 121 cm³/mol. The van der Waals surface area contributed by atoms with Gasteiger partial charge in [-0.05, 0) is 48.7 Å². The van der Waals surface area contributed by atoms with Crippen molar-refractivity contribution in [3.8, 4) is 0 Å². The van der Waals surface area contributed by atoms with Crippen LogP contribution < -0.4 is 5.32 Å². The van der Waals surface area contributed by atoms with Crippen molar-refractivity contribution in [2.45, 2.75) is 13.3 Å². The summed E-state index contributed by atoms with van der Waals surface area (Å²) in [5.74, 6) is -2.61. The minimum Gasteiger partial charge on any atom is -0.468 e. The number of methoxy groups -OCH3 is 1. The van der Waals surface area contributed by atoms with Crippen molar-refractivity contribution in [3.63, 3.8) is 0 Å². The molecule has 0 fully saturated rings. The number of benzene rings is 2. The molecular formula is C24H27F2N3O2. The summed E-state index contributed by atoms with van der Waals surface area (Å²) in [6.07, 6.45) is 0.892. The van der Waals surface area contributed by atoms with Crippen LogP contribution in [0.4, 0.5) is 14.5 Å². The van der Waals surface area contributed by atoms with Crippen molar-refractivity contribution in [2.75, 3.05) is 32.6 Å². The predicted octanol–water partition coefficient (Wildman–Crippen LogP) is 5.13. The van der Waals surface area contributed by atoms with E-state index < -0.39 is 23.1 Å². The first-order valence-electron chi connectivity index (χ1n) is 9.74. The van der Waals surface area contributed by atoms with Crippen LogP contribution in [0.2, 0.25) is 0 Å². The highest BCUT2D eigenvalue weighted by Gasteiger charge is 2.21. The lowest BCUT2D eigenvalue weighted by molar-refractivity contribution is 0.101. The van der Waals surface area contributed by atoms with Crippen LogP contribution in [-0.2, 0) is 4.74 Å². The molecular weight excluding hydrogens is 400 g/mol. The van der Waals surface area contributed by atoms with Crippen LogP contribution in [-0.4, -0.2) is 44.1 Å². The highest BCUT2D eigenvalue weighted by molar-refractivity contribution is 6.04. The van der Waals surface area contributed by atoms with Crippen molar-refractivity contribution in [1.82, 2.24) is 4.90 Å². The molecule has 5 nitrogen and oxygen atoms in total. The maximum atomic E-state index is 13.8. The van der Waals surface area contributed by atoms with Crippen LogP contribution in [0.25, 0.3) is 5.57 Å². The van der Waals surface area contributed by atoms with Gasteiger partial charge in [0.1, 0.15) is 17.2 Å². The van der Waals surface area contributed by atoms with Crippen molar-refractivity contribution in [1.29, 1.82) is 0 Å². The smallest absolute Gasteiger partial charge is 0.287 e. The summed E-state index contributed by atoms with van der Waals surface area (Å²) in [7, 11) is 3.29. The monoisotopic (exact) mass is 427 g/mol. The van der Waals surface area contributed by atoms with Crippen LogP contribution in [0.15, 0.2) is 66.2 Å². The first-order valence-corrected chi connectivity index (χ1v) is 9.74. The zero-order valence-corrected chi connectivity index (χ0v) is 18.0. The van der Waals surface area contributed by atoms with Gasteiger partial charge in [-0.15, -0.1) is 13.2 Å². The Hall–Kier alpha value is -3.48. The fraction of sp³-hybridized carbons (Fsp3) is 0.250. The van der Waals surface area contributed by atoms with Gasteiger partial charge in [0.2, 0.25) is 0 Å². The fourth-order valence-corrected chi connectivity index (χ4v) is 3.38. The largest absolute Gasteiger partial charge is 0.468 e. The third kappa shape index (κ3) is 5.57. The molecule has 0 aliphatic carbocycles. The molecule has 0 unspecified atom stereocenters. The minimum atomic E-state index is -0.895. The zero-order valence-electron chi connectivity index (χ0n) is 18.0. The first-order chi connectivity index (χ1) is 14.9. The third-order valence-electron chi connectivity index (χ3n) is 4.95. The number of rotatable bonds is 3. The molecule has 2 aromatic carbocycles. The lowest BCUT2D eigenvalue weighted by Crippen LogP contribution is -2.37.